The Morgan fingerprint density at radius 2 is 2.00 bits per heavy atom. The van der Waals surface area contributed by atoms with Crippen molar-refractivity contribution in [2.75, 3.05) is 31.6 Å². The highest BCUT2D eigenvalue weighted by molar-refractivity contribution is 5.92. The van der Waals surface area contributed by atoms with Crippen LogP contribution in [0.15, 0.2) is 24.3 Å². The fourth-order valence-electron chi connectivity index (χ4n) is 2.08. The van der Waals surface area contributed by atoms with Crippen molar-refractivity contribution >= 4 is 29.9 Å². The monoisotopic (exact) mass is 313 g/mol. The van der Waals surface area contributed by atoms with Crippen molar-refractivity contribution < 1.29 is 14.3 Å². The minimum Gasteiger partial charge on any atom is -0.484 e. The van der Waals surface area contributed by atoms with E-state index in [1.54, 1.807) is 29.2 Å². The number of likely N-dealkylation sites (tertiary alicyclic amines) is 1. The molecule has 1 saturated heterocycles. The number of halogens is 1. The van der Waals surface area contributed by atoms with Crippen LogP contribution in [0.2, 0.25) is 0 Å². The minimum atomic E-state index is -0.268. The Labute approximate surface area is 130 Å². The van der Waals surface area contributed by atoms with Gasteiger partial charge < -0.3 is 20.7 Å². The molecule has 7 heteroatoms. The van der Waals surface area contributed by atoms with Gasteiger partial charge in [0.1, 0.15) is 5.75 Å². The van der Waals surface area contributed by atoms with Crippen molar-refractivity contribution in [1.82, 2.24) is 4.90 Å². The van der Waals surface area contributed by atoms with Gasteiger partial charge in [-0.15, -0.1) is 12.4 Å². The highest BCUT2D eigenvalue weighted by atomic mass is 35.5. The van der Waals surface area contributed by atoms with Gasteiger partial charge in [0.15, 0.2) is 6.61 Å². The third-order valence-corrected chi connectivity index (χ3v) is 3.12. The molecule has 2 amide bonds. The van der Waals surface area contributed by atoms with Crippen LogP contribution in [0.25, 0.3) is 0 Å². The number of ether oxygens (including phenoxy) is 1. The van der Waals surface area contributed by atoms with Crippen LogP contribution < -0.4 is 15.8 Å². The molecular weight excluding hydrogens is 294 g/mol. The van der Waals surface area contributed by atoms with Gasteiger partial charge in [-0.1, -0.05) is 6.07 Å². The van der Waals surface area contributed by atoms with E-state index in [0.717, 1.165) is 25.9 Å². The molecule has 0 atom stereocenters. The number of carbonyl (C=O) groups excluding carboxylic acids is 2. The zero-order valence-corrected chi connectivity index (χ0v) is 12.5. The van der Waals surface area contributed by atoms with E-state index in [0.29, 0.717) is 11.4 Å². The van der Waals surface area contributed by atoms with E-state index in [1.165, 1.54) is 0 Å². The van der Waals surface area contributed by atoms with Gasteiger partial charge in [-0.3, -0.25) is 9.59 Å². The molecule has 21 heavy (non-hydrogen) atoms. The second-order valence-electron chi connectivity index (χ2n) is 4.66. The average molecular weight is 314 g/mol. The highest BCUT2D eigenvalue weighted by Crippen LogP contribution is 2.17. The SMILES string of the molecule is Cl.NCC(=O)Nc1cccc(OCC(=O)N2CCCC2)c1. The molecule has 1 heterocycles. The van der Waals surface area contributed by atoms with Crippen molar-refractivity contribution in [2.24, 2.45) is 5.73 Å². The minimum absolute atomic E-state index is 0. The molecule has 0 spiro atoms. The normalized spacial score (nSPS) is 13.5. The van der Waals surface area contributed by atoms with E-state index < -0.39 is 0 Å². The maximum absolute atomic E-state index is 11.8. The van der Waals surface area contributed by atoms with Gasteiger partial charge in [-0.05, 0) is 25.0 Å². The molecular formula is C14H20ClN3O3. The number of hydrogen-bond acceptors (Lipinski definition) is 4. The molecule has 0 bridgehead atoms. The predicted molar refractivity (Wildman–Crippen MR) is 82.7 cm³/mol. The Morgan fingerprint density at radius 1 is 1.29 bits per heavy atom. The molecule has 6 nitrogen and oxygen atoms in total. The molecule has 3 N–H and O–H groups in total. The first-order chi connectivity index (χ1) is 9.69. The Balaban J connectivity index is 0.00000220. The topological polar surface area (TPSA) is 84.7 Å². The van der Waals surface area contributed by atoms with E-state index in [2.05, 4.69) is 5.32 Å². The Bertz CT molecular complexity index is 490. The van der Waals surface area contributed by atoms with Gasteiger partial charge in [0.05, 0.1) is 6.54 Å². The molecule has 0 aromatic heterocycles. The van der Waals surface area contributed by atoms with Crippen LogP contribution in [0.4, 0.5) is 5.69 Å². The van der Waals surface area contributed by atoms with Crippen molar-refractivity contribution in [2.45, 2.75) is 12.8 Å². The van der Waals surface area contributed by atoms with E-state index in [4.69, 9.17) is 10.5 Å². The van der Waals surface area contributed by atoms with Crippen LogP contribution >= 0.6 is 12.4 Å². The largest absolute Gasteiger partial charge is 0.484 e. The number of benzene rings is 1. The second-order valence-corrected chi connectivity index (χ2v) is 4.66. The lowest BCUT2D eigenvalue weighted by Crippen LogP contribution is -2.32. The predicted octanol–water partition coefficient (Wildman–Crippen LogP) is 1.01. The van der Waals surface area contributed by atoms with Crippen LogP contribution in [0.1, 0.15) is 12.8 Å². The Kier molecular flexibility index (Phi) is 6.98. The molecule has 0 saturated carbocycles. The Hall–Kier alpha value is -1.79. The zero-order chi connectivity index (χ0) is 14.4. The summed E-state index contributed by atoms with van der Waals surface area (Å²) in [4.78, 5) is 24.8. The summed E-state index contributed by atoms with van der Waals surface area (Å²) in [6.07, 6.45) is 2.12. The molecule has 116 valence electrons. The number of carbonyl (C=O) groups is 2. The summed E-state index contributed by atoms with van der Waals surface area (Å²) < 4.78 is 5.46. The van der Waals surface area contributed by atoms with E-state index >= 15 is 0 Å². The number of anilines is 1. The van der Waals surface area contributed by atoms with Gasteiger partial charge in [0.2, 0.25) is 5.91 Å². The lowest BCUT2D eigenvalue weighted by molar-refractivity contribution is -0.132. The first-order valence-electron chi connectivity index (χ1n) is 6.69. The second kappa shape index (κ2) is 8.49. The fourth-order valence-corrected chi connectivity index (χ4v) is 2.08. The van der Waals surface area contributed by atoms with Gasteiger partial charge in [-0.25, -0.2) is 0 Å². The van der Waals surface area contributed by atoms with Gasteiger partial charge in [0.25, 0.3) is 5.91 Å². The van der Waals surface area contributed by atoms with Crippen LogP contribution in [0.3, 0.4) is 0 Å². The molecule has 2 rings (SSSR count). The number of hydrogen-bond donors (Lipinski definition) is 2. The third kappa shape index (κ3) is 5.24. The number of nitrogens with zero attached hydrogens (tertiary/aromatic N) is 1. The van der Waals surface area contributed by atoms with Crippen molar-refractivity contribution in [1.29, 1.82) is 0 Å². The van der Waals surface area contributed by atoms with E-state index in [-0.39, 0.29) is 37.4 Å². The summed E-state index contributed by atoms with van der Waals surface area (Å²) in [5.74, 6) is 0.279. The standard InChI is InChI=1S/C14H19N3O3.ClH/c15-9-13(18)16-11-4-3-5-12(8-11)20-10-14(19)17-6-1-2-7-17;/h3-5,8H,1-2,6-7,9-10,15H2,(H,16,18);1H. The quantitative estimate of drug-likeness (QED) is 0.849. The molecule has 1 aromatic carbocycles. The molecule has 1 aliphatic heterocycles. The molecule has 0 unspecified atom stereocenters. The van der Waals surface area contributed by atoms with Crippen molar-refractivity contribution in [3.05, 3.63) is 24.3 Å². The third-order valence-electron chi connectivity index (χ3n) is 3.12. The fraction of sp³-hybridized carbons (Fsp3) is 0.429. The van der Waals surface area contributed by atoms with E-state index in [1.807, 2.05) is 0 Å². The van der Waals surface area contributed by atoms with Crippen molar-refractivity contribution in [3.8, 4) is 5.75 Å². The van der Waals surface area contributed by atoms with Crippen LogP contribution in [0.5, 0.6) is 5.75 Å². The lowest BCUT2D eigenvalue weighted by Gasteiger charge is -2.15. The molecule has 0 aliphatic carbocycles. The van der Waals surface area contributed by atoms with Gasteiger partial charge in [-0.2, -0.15) is 0 Å². The molecule has 1 aliphatic rings. The average Bonchev–Trinajstić information content (AvgIpc) is 2.99. The van der Waals surface area contributed by atoms with E-state index in [9.17, 15) is 9.59 Å². The first kappa shape index (κ1) is 17.3. The molecule has 1 aromatic rings. The number of rotatable bonds is 5. The summed E-state index contributed by atoms with van der Waals surface area (Å²) >= 11 is 0. The highest BCUT2D eigenvalue weighted by Gasteiger charge is 2.18. The zero-order valence-electron chi connectivity index (χ0n) is 11.7. The number of amides is 2. The smallest absolute Gasteiger partial charge is 0.260 e. The van der Waals surface area contributed by atoms with Gasteiger partial charge in [0, 0.05) is 24.8 Å². The molecule has 1 fully saturated rings. The summed E-state index contributed by atoms with van der Waals surface area (Å²) in [6.45, 7) is 1.58. The number of nitrogens with one attached hydrogen (secondary N) is 1. The molecule has 0 radical (unpaired) electrons. The summed E-state index contributed by atoms with van der Waals surface area (Å²) in [5.41, 5.74) is 5.84. The maximum Gasteiger partial charge on any atom is 0.260 e. The lowest BCUT2D eigenvalue weighted by atomic mass is 10.3. The van der Waals surface area contributed by atoms with Gasteiger partial charge >= 0.3 is 0 Å². The summed E-state index contributed by atoms with van der Waals surface area (Å²) in [7, 11) is 0. The first-order valence-corrected chi connectivity index (χ1v) is 6.69. The summed E-state index contributed by atoms with van der Waals surface area (Å²) in [6, 6.07) is 6.91. The summed E-state index contributed by atoms with van der Waals surface area (Å²) in [5, 5.41) is 2.64. The Morgan fingerprint density at radius 3 is 2.67 bits per heavy atom. The van der Waals surface area contributed by atoms with Crippen LogP contribution in [-0.2, 0) is 9.59 Å². The van der Waals surface area contributed by atoms with Crippen molar-refractivity contribution in [3.63, 3.8) is 0 Å². The number of nitrogens with two attached hydrogens (primary N) is 1. The maximum atomic E-state index is 11.8. The van der Waals surface area contributed by atoms with Crippen LogP contribution in [0, 0.1) is 0 Å². The van der Waals surface area contributed by atoms with Crippen LogP contribution in [-0.4, -0.2) is 43.0 Å².